The SMILES string of the molecule is COc1ccc(OC)c(C(C)NC(=S)Nc2ccc(C)c(C)c2)c1. The minimum Gasteiger partial charge on any atom is -0.497 e. The zero-order chi connectivity index (χ0) is 17.7. The molecule has 1 unspecified atom stereocenters. The molecule has 2 rings (SSSR count). The molecule has 0 saturated carbocycles. The molecule has 0 fully saturated rings. The molecule has 0 spiro atoms. The van der Waals surface area contributed by atoms with Gasteiger partial charge in [-0.15, -0.1) is 0 Å². The maximum Gasteiger partial charge on any atom is 0.171 e. The summed E-state index contributed by atoms with van der Waals surface area (Å²) in [5.41, 5.74) is 4.45. The summed E-state index contributed by atoms with van der Waals surface area (Å²) in [4.78, 5) is 0. The number of benzene rings is 2. The molecule has 0 heterocycles. The highest BCUT2D eigenvalue weighted by Gasteiger charge is 2.14. The zero-order valence-electron chi connectivity index (χ0n) is 14.8. The van der Waals surface area contributed by atoms with E-state index in [0.29, 0.717) is 5.11 Å². The van der Waals surface area contributed by atoms with Gasteiger partial charge in [0.15, 0.2) is 5.11 Å². The maximum absolute atomic E-state index is 5.44. The third kappa shape index (κ3) is 4.38. The van der Waals surface area contributed by atoms with Crippen molar-refractivity contribution in [1.82, 2.24) is 5.32 Å². The number of methoxy groups -OCH3 is 2. The van der Waals surface area contributed by atoms with Gasteiger partial charge in [0.05, 0.1) is 20.3 Å². The number of anilines is 1. The van der Waals surface area contributed by atoms with Crippen LogP contribution in [0.15, 0.2) is 36.4 Å². The average molecular weight is 344 g/mol. The second-order valence-corrected chi connectivity index (χ2v) is 6.14. The van der Waals surface area contributed by atoms with Crippen molar-refractivity contribution in [3.05, 3.63) is 53.1 Å². The summed E-state index contributed by atoms with van der Waals surface area (Å²) in [6.07, 6.45) is 0. The minimum atomic E-state index is -0.0263. The number of hydrogen-bond donors (Lipinski definition) is 2. The van der Waals surface area contributed by atoms with Crippen molar-refractivity contribution in [1.29, 1.82) is 0 Å². The predicted octanol–water partition coefficient (Wildman–Crippen LogP) is 4.37. The lowest BCUT2D eigenvalue weighted by molar-refractivity contribution is 0.395. The Morgan fingerprint density at radius 3 is 2.38 bits per heavy atom. The van der Waals surface area contributed by atoms with Gasteiger partial charge in [-0.1, -0.05) is 6.07 Å². The number of hydrogen-bond acceptors (Lipinski definition) is 3. The van der Waals surface area contributed by atoms with E-state index in [9.17, 15) is 0 Å². The molecule has 0 amide bonds. The van der Waals surface area contributed by atoms with Crippen molar-refractivity contribution in [2.45, 2.75) is 26.8 Å². The molecule has 0 radical (unpaired) electrons. The van der Waals surface area contributed by atoms with Crippen LogP contribution in [0.2, 0.25) is 0 Å². The van der Waals surface area contributed by atoms with E-state index in [2.05, 4.69) is 36.6 Å². The molecule has 5 heteroatoms. The van der Waals surface area contributed by atoms with Gasteiger partial charge in [-0.2, -0.15) is 0 Å². The van der Waals surface area contributed by atoms with Crippen molar-refractivity contribution in [2.24, 2.45) is 0 Å². The summed E-state index contributed by atoms with van der Waals surface area (Å²) in [6.45, 7) is 6.21. The lowest BCUT2D eigenvalue weighted by Gasteiger charge is -2.20. The molecule has 4 nitrogen and oxygen atoms in total. The summed E-state index contributed by atoms with van der Waals surface area (Å²) < 4.78 is 10.7. The molecule has 0 aromatic heterocycles. The molecule has 0 saturated heterocycles. The highest BCUT2D eigenvalue weighted by atomic mass is 32.1. The van der Waals surface area contributed by atoms with Gasteiger partial charge in [0.1, 0.15) is 11.5 Å². The van der Waals surface area contributed by atoms with Crippen LogP contribution in [0.25, 0.3) is 0 Å². The second-order valence-electron chi connectivity index (χ2n) is 5.73. The van der Waals surface area contributed by atoms with E-state index in [4.69, 9.17) is 21.7 Å². The topological polar surface area (TPSA) is 42.5 Å². The molecule has 0 aliphatic heterocycles. The van der Waals surface area contributed by atoms with Gasteiger partial charge < -0.3 is 20.1 Å². The van der Waals surface area contributed by atoms with Gasteiger partial charge in [0.25, 0.3) is 0 Å². The molecule has 1 atom stereocenters. The molecule has 0 aliphatic rings. The highest BCUT2D eigenvalue weighted by Crippen LogP contribution is 2.29. The van der Waals surface area contributed by atoms with Crippen LogP contribution in [0, 0.1) is 13.8 Å². The average Bonchev–Trinajstić information content (AvgIpc) is 2.57. The normalized spacial score (nSPS) is 11.5. The van der Waals surface area contributed by atoms with E-state index in [0.717, 1.165) is 22.7 Å². The Kier molecular flexibility index (Phi) is 6.04. The van der Waals surface area contributed by atoms with Crippen molar-refractivity contribution in [3.8, 4) is 11.5 Å². The van der Waals surface area contributed by atoms with Crippen LogP contribution in [0.1, 0.15) is 29.7 Å². The van der Waals surface area contributed by atoms with E-state index in [-0.39, 0.29) is 6.04 Å². The first-order valence-electron chi connectivity index (χ1n) is 7.81. The van der Waals surface area contributed by atoms with Crippen LogP contribution in [0.4, 0.5) is 5.69 Å². The summed E-state index contributed by atoms with van der Waals surface area (Å²) in [5, 5.41) is 7.08. The van der Waals surface area contributed by atoms with Crippen LogP contribution in [0.3, 0.4) is 0 Å². The lowest BCUT2D eigenvalue weighted by atomic mass is 10.1. The standard InChI is InChI=1S/C19H24N2O2S/c1-12-6-7-15(10-13(12)2)21-19(24)20-14(3)17-11-16(22-4)8-9-18(17)23-5/h6-11,14H,1-5H3,(H2,20,21,24). The fourth-order valence-corrected chi connectivity index (χ4v) is 2.73. The number of rotatable bonds is 5. The Bertz CT molecular complexity index is 731. The Hall–Kier alpha value is -2.27. The first-order chi connectivity index (χ1) is 11.4. The van der Waals surface area contributed by atoms with Crippen LogP contribution >= 0.6 is 12.2 Å². The molecule has 24 heavy (non-hydrogen) atoms. The summed E-state index contributed by atoms with van der Waals surface area (Å²) in [7, 11) is 3.30. The summed E-state index contributed by atoms with van der Waals surface area (Å²) >= 11 is 5.43. The molecule has 0 aliphatic carbocycles. The third-order valence-electron chi connectivity index (χ3n) is 4.02. The molecule has 0 bridgehead atoms. The van der Waals surface area contributed by atoms with Crippen molar-refractivity contribution in [2.75, 3.05) is 19.5 Å². The monoisotopic (exact) mass is 344 g/mol. The zero-order valence-corrected chi connectivity index (χ0v) is 15.6. The first kappa shape index (κ1) is 18.1. The van der Waals surface area contributed by atoms with E-state index in [1.165, 1.54) is 11.1 Å². The second kappa shape index (κ2) is 8.02. The Morgan fingerprint density at radius 2 is 1.75 bits per heavy atom. The molecule has 2 aromatic carbocycles. The van der Waals surface area contributed by atoms with Crippen LogP contribution < -0.4 is 20.1 Å². The number of thiocarbonyl (C=S) groups is 1. The van der Waals surface area contributed by atoms with Crippen LogP contribution in [-0.4, -0.2) is 19.3 Å². The Morgan fingerprint density at radius 1 is 1.00 bits per heavy atom. The van der Waals surface area contributed by atoms with Crippen LogP contribution in [0.5, 0.6) is 11.5 Å². The first-order valence-corrected chi connectivity index (χ1v) is 8.22. The van der Waals surface area contributed by atoms with E-state index in [1.807, 2.05) is 31.2 Å². The van der Waals surface area contributed by atoms with Crippen molar-refractivity contribution in [3.63, 3.8) is 0 Å². The summed E-state index contributed by atoms with van der Waals surface area (Å²) in [6, 6.07) is 11.9. The Labute approximate surface area is 149 Å². The van der Waals surface area contributed by atoms with Crippen molar-refractivity contribution >= 4 is 23.0 Å². The van der Waals surface area contributed by atoms with Gasteiger partial charge >= 0.3 is 0 Å². The van der Waals surface area contributed by atoms with E-state index < -0.39 is 0 Å². The van der Waals surface area contributed by atoms with Crippen LogP contribution in [-0.2, 0) is 0 Å². The van der Waals surface area contributed by atoms with Gasteiger partial charge in [-0.05, 0) is 74.4 Å². The van der Waals surface area contributed by atoms with Gasteiger partial charge in [-0.25, -0.2) is 0 Å². The van der Waals surface area contributed by atoms with E-state index >= 15 is 0 Å². The van der Waals surface area contributed by atoms with E-state index in [1.54, 1.807) is 14.2 Å². The smallest absolute Gasteiger partial charge is 0.171 e. The minimum absolute atomic E-state index is 0.0263. The maximum atomic E-state index is 5.44. The predicted molar refractivity (Wildman–Crippen MR) is 103 cm³/mol. The van der Waals surface area contributed by atoms with Gasteiger partial charge in [0.2, 0.25) is 0 Å². The lowest BCUT2D eigenvalue weighted by Crippen LogP contribution is -2.31. The molecule has 2 aromatic rings. The molecular formula is C19H24N2O2S. The third-order valence-corrected chi connectivity index (χ3v) is 4.24. The van der Waals surface area contributed by atoms with Crippen molar-refractivity contribution < 1.29 is 9.47 Å². The fourth-order valence-electron chi connectivity index (χ4n) is 2.44. The molecule has 2 N–H and O–H groups in total. The molecular weight excluding hydrogens is 320 g/mol. The Balaban J connectivity index is 2.09. The molecule has 128 valence electrons. The van der Waals surface area contributed by atoms with Gasteiger partial charge in [-0.3, -0.25) is 0 Å². The quantitative estimate of drug-likeness (QED) is 0.789. The fraction of sp³-hybridized carbons (Fsp3) is 0.316. The summed E-state index contributed by atoms with van der Waals surface area (Å²) in [5.74, 6) is 1.58. The number of nitrogens with one attached hydrogen (secondary N) is 2. The number of ether oxygens (including phenoxy) is 2. The highest BCUT2D eigenvalue weighted by molar-refractivity contribution is 7.80. The number of aryl methyl sites for hydroxylation is 2. The largest absolute Gasteiger partial charge is 0.497 e. The van der Waals surface area contributed by atoms with Gasteiger partial charge in [0, 0.05) is 11.3 Å².